The molecule has 1 aliphatic carbocycles. The fraction of sp³-hybridized carbons (Fsp3) is 0.500. The van der Waals surface area contributed by atoms with Gasteiger partial charge in [-0.1, -0.05) is 0 Å². The summed E-state index contributed by atoms with van der Waals surface area (Å²) in [4.78, 5) is 16.8. The third kappa shape index (κ3) is 2.16. The first-order valence-corrected chi connectivity index (χ1v) is 6.94. The van der Waals surface area contributed by atoms with Crippen molar-refractivity contribution in [1.82, 2.24) is 19.9 Å². The second-order valence-corrected chi connectivity index (χ2v) is 5.51. The summed E-state index contributed by atoms with van der Waals surface area (Å²) in [6.07, 6.45) is 4.55. The second-order valence-electron chi connectivity index (χ2n) is 5.51. The molecular weight excluding hydrogens is 254 g/mol. The molecule has 3 N–H and O–H groups in total. The lowest BCUT2D eigenvalue weighted by Gasteiger charge is -2.16. The Morgan fingerprint density at radius 2 is 2.25 bits per heavy atom. The van der Waals surface area contributed by atoms with Gasteiger partial charge in [-0.2, -0.15) is 5.10 Å². The predicted octanol–water partition coefficient (Wildman–Crippen LogP) is 0.956. The van der Waals surface area contributed by atoms with E-state index in [1.165, 1.54) is 0 Å². The van der Waals surface area contributed by atoms with Crippen molar-refractivity contribution in [2.24, 2.45) is 5.73 Å². The van der Waals surface area contributed by atoms with Crippen LogP contribution in [0.5, 0.6) is 0 Å². The van der Waals surface area contributed by atoms with E-state index < -0.39 is 0 Å². The van der Waals surface area contributed by atoms with E-state index in [0.717, 1.165) is 30.7 Å². The third-order valence-corrected chi connectivity index (χ3v) is 3.91. The van der Waals surface area contributed by atoms with Crippen molar-refractivity contribution in [1.29, 1.82) is 0 Å². The van der Waals surface area contributed by atoms with Crippen LogP contribution in [0.25, 0.3) is 5.65 Å². The number of nitrogens with one attached hydrogen (secondary N) is 1. The largest absolute Gasteiger partial charge is 0.348 e. The predicted molar refractivity (Wildman–Crippen MR) is 75.5 cm³/mol. The van der Waals surface area contributed by atoms with Crippen LogP contribution in [0.15, 0.2) is 12.3 Å². The molecule has 0 spiro atoms. The van der Waals surface area contributed by atoms with E-state index in [1.807, 2.05) is 19.9 Å². The zero-order valence-corrected chi connectivity index (χ0v) is 11.8. The molecule has 0 aliphatic heterocycles. The number of aryl methyl sites for hydroxylation is 2. The highest BCUT2D eigenvalue weighted by Crippen LogP contribution is 2.18. The van der Waals surface area contributed by atoms with E-state index in [9.17, 15) is 4.79 Å². The summed E-state index contributed by atoms with van der Waals surface area (Å²) < 4.78 is 1.69. The van der Waals surface area contributed by atoms with E-state index in [4.69, 9.17) is 5.73 Å². The molecule has 6 nitrogen and oxygen atoms in total. The molecule has 2 aromatic heterocycles. The Morgan fingerprint density at radius 1 is 1.45 bits per heavy atom. The Morgan fingerprint density at radius 3 is 2.95 bits per heavy atom. The number of aromatic nitrogens is 3. The van der Waals surface area contributed by atoms with Gasteiger partial charge in [-0.3, -0.25) is 4.79 Å². The van der Waals surface area contributed by atoms with Crippen LogP contribution >= 0.6 is 0 Å². The number of carbonyl (C=O) groups excluding carboxylic acids is 1. The van der Waals surface area contributed by atoms with Gasteiger partial charge in [0.25, 0.3) is 5.91 Å². The molecule has 0 aromatic carbocycles. The lowest BCUT2D eigenvalue weighted by molar-refractivity contribution is 0.0936. The molecule has 0 bridgehead atoms. The second kappa shape index (κ2) is 4.86. The van der Waals surface area contributed by atoms with Gasteiger partial charge >= 0.3 is 0 Å². The molecule has 1 aliphatic rings. The van der Waals surface area contributed by atoms with Crippen LogP contribution in [-0.4, -0.2) is 32.6 Å². The van der Waals surface area contributed by atoms with Gasteiger partial charge in [-0.05, 0) is 39.2 Å². The molecule has 20 heavy (non-hydrogen) atoms. The van der Waals surface area contributed by atoms with Gasteiger partial charge in [0.15, 0.2) is 5.65 Å². The first-order valence-electron chi connectivity index (χ1n) is 6.94. The minimum Gasteiger partial charge on any atom is -0.348 e. The summed E-state index contributed by atoms with van der Waals surface area (Å²) in [6, 6.07) is 2.05. The minimum absolute atomic E-state index is 0.0530. The Labute approximate surface area is 117 Å². The van der Waals surface area contributed by atoms with E-state index in [1.54, 1.807) is 10.7 Å². The number of rotatable bonds is 2. The maximum Gasteiger partial charge on any atom is 0.257 e. The molecule has 0 saturated heterocycles. The highest BCUT2D eigenvalue weighted by atomic mass is 16.1. The molecule has 6 heteroatoms. The lowest BCUT2D eigenvalue weighted by atomic mass is 10.1. The van der Waals surface area contributed by atoms with Crippen LogP contribution in [0.1, 0.15) is 41.0 Å². The van der Waals surface area contributed by atoms with Crippen molar-refractivity contribution in [3.63, 3.8) is 0 Å². The van der Waals surface area contributed by atoms with E-state index in [-0.39, 0.29) is 18.0 Å². The fourth-order valence-corrected chi connectivity index (χ4v) is 2.84. The van der Waals surface area contributed by atoms with Gasteiger partial charge in [0.1, 0.15) is 5.56 Å². The zero-order valence-electron chi connectivity index (χ0n) is 11.8. The molecule has 0 radical (unpaired) electrons. The topological polar surface area (TPSA) is 85.3 Å². The maximum absolute atomic E-state index is 12.4. The van der Waals surface area contributed by atoms with Gasteiger partial charge < -0.3 is 11.1 Å². The first-order chi connectivity index (χ1) is 9.56. The number of nitrogens with two attached hydrogens (primary N) is 1. The Balaban J connectivity index is 1.92. The third-order valence-electron chi connectivity index (χ3n) is 3.91. The molecule has 2 unspecified atom stereocenters. The van der Waals surface area contributed by atoms with Crippen LogP contribution in [0.2, 0.25) is 0 Å². The highest BCUT2D eigenvalue weighted by Gasteiger charge is 2.27. The summed E-state index contributed by atoms with van der Waals surface area (Å²) in [7, 11) is 0. The number of fused-ring (bicyclic) bond motifs is 1. The van der Waals surface area contributed by atoms with Crippen molar-refractivity contribution in [3.05, 3.63) is 29.2 Å². The van der Waals surface area contributed by atoms with Gasteiger partial charge in [0.05, 0.1) is 6.20 Å². The van der Waals surface area contributed by atoms with Crippen molar-refractivity contribution in [2.75, 3.05) is 0 Å². The van der Waals surface area contributed by atoms with Gasteiger partial charge in [-0.25, -0.2) is 9.50 Å². The number of carbonyl (C=O) groups is 1. The molecule has 2 aromatic rings. The minimum atomic E-state index is -0.139. The fourth-order valence-electron chi connectivity index (χ4n) is 2.84. The zero-order chi connectivity index (χ0) is 14.3. The lowest BCUT2D eigenvalue weighted by Crippen LogP contribution is -2.43. The SMILES string of the molecule is Cc1cc(C)n2ncc(C(=O)NC3CCCC3N)c2n1. The van der Waals surface area contributed by atoms with Gasteiger partial charge in [0, 0.05) is 23.5 Å². The van der Waals surface area contributed by atoms with Crippen molar-refractivity contribution < 1.29 is 4.79 Å². The number of amides is 1. The highest BCUT2D eigenvalue weighted by molar-refractivity contribution is 5.99. The Hall–Kier alpha value is -1.95. The van der Waals surface area contributed by atoms with E-state index >= 15 is 0 Å². The standard InChI is InChI=1S/C14H19N5O/c1-8-6-9(2)19-13(17-8)10(7-16-19)14(20)18-12-5-3-4-11(12)15/h6-7,11-12H,3-5,15H2,1-2H3,(H,18,20). The van der Waals surface area contributed by atoms with Crippen molar-refractivity contribution in [3.8, 4) is 0 Å². The molecule has 3 rings (SSSR count). The van der Waals surface area contributed by atoms with Gasteiger partial charge in [0.2, 0.25) is 0 Å². The quantitative estimate of drug-likeness (QED) is 0.853. The molecule has 1 saturated carbocycles. The molecule has 2 atom stereocenters. The number of hydrogen-bond donors (Lipinski definition) is 2. The Bertz CT molecular complexity index is 663. The summed E-state index contributed by atoms with van der Waals surface area (Å²) in [5.41, 5.74) is 8.94. The molecule has 1 amide bonds. The van der Waals surface area contributed by atoms with Crippen LogP contribution in [-0.2, 0) is 0 Å². The van der Waals surface area contributed by atoms with E-state index in [2.05, 4.69) is 15.4 Å². The van der Waals surface area contributed by atoms with Gasteiger partial charge in [-0.15, -0.1) is 0 Å². The molecule has 2 heterocycles. The van der Waals surface area contributed by atoms with Crippen LogP contribution < -0.4 is 11.1 Å². The molecule has 1 fully saturated rings. The van der Waals surface area contributed by atoms with Crippen molar-refractivity contribution in [2.45, 2.75) is 45.2 Å². The van der Waals surface area contributed by atoms with Crippen LogP contribution in [0.3, 0.4) is 0 Å². The van der Waals surface area contributed by atoms with Crippen LogP contribution in [0, 0.1) is 13.8 Å². The summed E-state index contributed by atoms with van der Waals surface area (Å²) >= 11 is 0. The monoisotopic (exact) mass is 273 g/mol. The summed E-state index contributed by atoms with van der Waals surface area (Å²) in [6.45, 7) is 3.86. The number of nitrogens with zero attached hydrogens (tertiary/aromatic N) is 3. The number of hydrogen-bond acceptors (Lipinski definition) is 4. The average molecular weight is 273 g/mol. The summed E-state index contributed by atoms with van der Waals surface area (Å²) in [5.74, 6) is -0.139. The normalized spacial score (nSPS) is 22.4. The Kier molecular flexibility index (Phi) is 3.17. The molecule has 106 valence electrons. The average Bonchev–Trinajstić information content (AvgIpc) is 2.96. The van der Waals surface area contributed by atoms with Crippen molar-refractivity contribution >= 4 is 11.6 Å². The molecular formula is C14H19N5O. The summed E-state index contributed by atoms with van der Waals surface area (Å²) in [5, 5.41) is 7.24. The maximum atomic E-state index is 12.4. The first kappa shape index (κ1) is 13.1. The van der Waals surface area contributed by atoms with E-state index in [0.29, 0.717) is 11.2 Å². The smallest absolute Gasteiger partial charge is 0.257 e. The van der Waals surface area contributed by atoms with Crippen LogP contribution in [0.4, 0.5) is 0 Å².